The highest BCUT2D eigenvalue weighted by molar-refractivity contribution is 7.89. The number of nitrogens with zero attached hydrogens (tertiary/aromatic N) is 3. The summed E-state index contributed by atoms with van der Waals surface area (Å²) in [7, 11) is -3.59. The molecule has 0 fully saturated rings. The molecule has 1 heterocycles. The monoisotopic (exact) mass is 409 g/mol. The van der Waals surface area contributed by atoms with Crippen molar-refractivity contribution in [3.8, 4) is 0 Å². The highest BCUT2D eigenvalue weighted by atomic mass is 32.2. The Morgan fingerprint density at radius 1 is 0.966 bits per heavy atom. The van der Waals surface area contributed by atoms with Gasteiger partial charge in [0.1, 0.15) is 0 Å². The quantitative estimate of drug-likeness (QED) is 0.460. The van der Waals surface area contributed by atoms with Crippen molar-refractivity contribution < 1.29 is 8.42 Å². The van der Waals surface area contributed by atoms with Crippen molar-refractivity contribution >= 4 is 21.7 Å². The molecule has 0 aliphatic carbocycles. The molecule has 8 heteroatoms. The fraction of sp³-hybridized carbons (Fsp3) is 0.190. The van der Waals surface area contributed by atoms with Gasteiger partial charge in [-0.15, -0.1) is 0 Å². The summed E-state index contributed by atoms with van der Waals surface area (Å²) in [4.78, 5) is 8.75. The summed E-state index contributed by atoms with van der Waals surface area (Å²) in [6, 6.07) is 17.8. The minimum atomic E-state index is -3.59. The molecule has 0 spiro atoms. The topological polar surface area (TPSA) is 96.3 Å². The molecule has 0 aliphatic heterocycles. The van der Waals surface area contributed by atoms with Gasteiger partial charge in [0.15, 0.2) is 0 Å². The van der Waals surface area contributed by atoms with Gasteiger partial charge in [0.05, 0.1) is 10.6 Å². The minimum Gasteiger partial charge on any atom is -0.245 e. The average molecular weight is 410 g/mol. The molecule has 0 saturated heterocycles. The maximum atomic E-state index is 12.5. The fourth-order valence-corrected chi connectivity index (χ4v) is 3.72. The van der Waals surface area contributed by atoms with E-state index in [0.717, 1.165) is 22.5 Å². The number of sulfonamides is 1. The molecule has 0 aliphatic rings. The van der Waals surface area contributed by atoms with Gasteiger partial charge in [0.2, 0.25) is 16.0 Å². The summed E-state index contributed by atoms with van der Waals surface area (Å²) in [5.41, 5.74) is 6.93. The van der Waals surface area contributed by atoms with Crippen molar-refractivity contribution in [1.82, 2.24) is 14.7 Å². The SMILES string of the molecule is C/C(=N/Nc1nc(C)cc(C)n1)c1ccc(S(=O)(=O)NCc2ccccc2)cc1. The van der Waals surface area contributed by atoms with Crippen LogP contribution < -0.4 is 10.1 Å². The summed E-state index contributed by atoms with van der Waals surface area (Å²) >= 11 is 0. The summed E-state index contributed by atoms with van der Waals surface area (Å²) in [5.74, 6) is 0.422. The standard InChI is InChI=1S/C21H23N5O2S/c1-15-13-16(2)24-21(23-15)26-25-17(3)19-9-11-20(12-10-19)29(27,28)22-14-18-7-5-4-6-8-18/h4-13,22H,14H2,1-3H3,(H,23,24,26)/b25-17-. The molecule has 2 aromatic carbocycles. The third-order valence-corrected chi connectivity index (χ3v) is 5.61. The van der Waals surface area contributed by atoms with E-state index in [-0.39, 0.29) is 11.4 Å². The fourth-order valence-electron chi connectivity index (χ4n) is 2.71. The van der Waals surface area contributed by atoms with Gasteiger partial charge >= 0.3 is 0 Å². The number of aromatic nitrogens is 2. The molecule has 150 valence electrons. The van der Waals surface area contributed by atoms with Gasteiger partial charge in [-0.1, -0.05) is 42.5 Å². The van der Waals surface area contributed by atoms with Crippen molar-refractivity contribution in [1.29, 1.82) is 0 Å². The van der Waals surface area contributed by atoms with Crippen LogP contribution in [0.4, 0.5) is 5.95 Å². The van der Waals surface area contributed by atoms with Crippen LogP contribution in [0, 0.1) is 13.8 Å². The van der Waals surface area contributed by atoms with E-state index in [1.807, 2.05) is 57.2 Å². The van der Waals surface area contributed by atoms with Crippen molar-refractivity contribution in [3.63, 3.8) is 0 Å². The molecule has 2 N–H and O–H groups in total. The van der Waals surface area contributed by atoms with Crippen LogP contribution >= 0.6 is 0 Å². The van der Waals surface area contributed by atoms with E-state index < -0.39 is 10.0 Å². The summed E-state index contributed by atoms with van der Waals surface area (Å²) in [6.45, 7) is 5.85. The van der Waals surface area contributed by atoms with E-state index >= 15 is 0 Å². The zero-order valence-corrected chi connectivity index (χ0v) is 17.4. The smallest absolute Gasteiger partial charge is 0.243 e. The third-order valence-electron chi connectivity index (χ3n) is 4.20. The normalized spacial score (nSPS) is 12.0. The first-order valence-electron chi connectivity index (χ1n) is 9.10. The van der Waals surface area contributed by atoms with Gasteiger partial charge in [0, 0.05) is 17.9 Å². The molecule has 0 saturated carbocycles. The number of hydrogen-bond donors (Lipinski definition) is 2. The molecule has 0 radical (unpaired) electrons. The molecular weight excluding hydrogens is 386 g/mol. The van der Waals surface area contributed by atoms with Gasteiger partial charge in [-0.25, -0.2) is 28.5 Å². The largest absolute Gasteiger partial charge is 0.245 e. The van der Waals surface area contributed by atoms with Crippen molar-refractivity contribution in [2.45, 2.75) is 32.2 Å². The van der Waals surface area contributed by atoms with Crippen molar-refractivity contribution in [3.05, 3.63) is 83.2 Å². The number of benzene rings is 2. The molecule has 0 amide bonds. The van der Waals surface area contributed by atoms with E-state index in [1.54, 1.807) is 24.3 Å². The van der Waals surface area contributed by atoms with E-state index in [2.05, 4.69) is 25.2 Å². The minimum absolute atomic E-state index is 0.204. The van der Waals surface area contributed by atoms with Crippen molar-refractivity contribution in [2.75, 3.05) is 5.43 Å². The van der Waals surface area contributed by atoms with Crippen LogP contribution in [0.5, 0.6) is 0 Å². The van der Waals surface area contributed by atoms with E-state index in [1.165, 1.54) is 0 Å². The second-order valence-corrected chi connectivity index (χ2v) is 8.38. The van der Waals surface area contributed by atoms with Gasteiger partial charge in [-0.2, -0.15) is 5.10 Å². The molecule has 3 aromatic rings. The van der Waals surface area contributed by atoms with E-state index in [4.69, 9.17) is 0 Å². The molecular formula is C21H23N5O2S. The Morgan fingerprint density at radius 3 is 2.21 bits per heavy atom. The number of hydrogen-bond acceptors (Lipinski definition) is 6. The van der Waals surface area contributed by atoms with Gasteiger partial charge in [0.25, 0.3) is 0 Å². The number of anilines is 1. The first-order chi connectivity index (χ1) is 13.8. The molecule has 7 nitrogen and oxygen atoms in total. The predicted octanol–water partition coefficient (Wildman–Crippen LogP) is 3.41. The van der Waals surface area contributed by atoms with Crippen LogP contribution in [0.2, 0.25) is 0 Å². The zero-order valence-electron chi connectivity index (χ0n) is 16.5. The molecule has 1 aromatic heterocycles. The van der Waals surface area contributed by atoms with Gasteiger partial charge in [-0.3, -0.25) is 0 Å². The lowest BCUT2D eigenvalue weighted by atomic mass is 10.1. The lowest BCUT2D eigenvalue weighted by Gasteiger charge is -2.08. The molecule has 3 rings (SSSR count). The van der Waals surface area contributed by atoms with E-state index in [9.17, 15) is 8.42 Å². The Kier molecular flexibility index (Phi) is 6.36. The Labute approximate surface area is 171 Å². The van der Waals surface area contributed by atoms with Crippen LogP contribution in [0.1, 0.15) is 29.4 Å². The number of rotatable bonds is 7. The highest BCUT2D eigenvalue weighted by Gasteiger charge is 2.13. The second kappa shape index (κ2) is 8.93. The maximum absolute atomic E-state index is 12.5. The first-order valence-corrected chi connectivity index (χ1v) is 10.6. The van der Waals surface area contributed by atoms with Crippen LogP contribution in [0.25, 0.3) is 0 Å². The molecule has 0 unspecified atom stereocenters. The Bertz CT molecular complexity index is 1090. The zero-order chi connectivity index (χ0) is 20.9. The second-order valence-electron chi connectivity index (χ2n) is 6.62. The van der Waals surface area contributed by atoms with Crippen LogP contribution in [0.15, 0.2) is 70.7 Å². The predicted molar refractivity (Wildman–Crippen MR) is 114 cm³/mol. The third kappa shape index (κ3) is 5.69. The van der Waals surface area contributed by atoms with Crippen molar-refractivity contribution in [2.24, 2.45) is 5.10 Å². The van der Waals surface area contributed by atoms with Gasteiger partial charge in [-0.05, 0) is 50.1 Å². The van der Waals surface area contributed by atoms with Crippen LogP contribution in [0.3, 0.4) is 0 Å². The summed E-state index contributed by atoms with van der Waals surface area (Å²) < 4.78 is 27.6. The number of aryl methyl sites for hydroxylation is 2. The Balaban J connectivity index is 1.68. The molecule has 0 bridgehead atoms. The van der Waals surface area contributed by atoms with Gasteiger partial charge < -0.3 is 0 Å². The molecule has 0 atom stereocenters. The van der Waals surface area contributed by atoms with E-state index in [0.29, 0.717) is 11.7 Å². The number of nitrogens with one attached hydrogen (secondary N) is 2. The Morgan fingerprint density at radius 2 is 1.59 bits per heavy atom. The lowest BCUT2D eigenvalue weighted by Crippen LogP contribution is -2.23. The van der Waals surface area contributed by atoms with Crippen LogP contribution in [-0.4, -0.2) is 24.1 Å². The lowest BCUT2D eigenvalue weighted by molar-refractivity contribution is 0.581. The molecule has 29 heavy (non-hydrogen) atoms. The highest BCUT2D eigenvalue weighted by Crippen LogP contribution is 2.13. The first kappa shape index (κ1) is 20.6. The average Bonchev–Trinajstić information content (AvgIpc) is 2.71. The van der Waals surface area contributed by atoms with Crippen LogP contribution in [-0.2, 0) is 16.6 Å². The summed E-state index contributed by atoms with van der Waals surface area (Å²) in [6.07, 6.45) is 0. The number of hydrazone groups is 1. The maximum Gasteiger partial charge on any atom is 0.243 e. The summed E-state index contributed by atoms with van der Waals surface area (Å²) in [5, 5.41) is 4.29. The Hall–Kier alpha value is -3.10.